The summed E-state index contributed by atoms with van der Waals surface area (Å²) < 4.78 is 5.27. The number of carbonyl (C=O) groups excluding carboxylic acids is 1. The Labute approximate surface area is 124 Å². The first-order valence-electron chi connectivity index (χ1n) is 5.26. The molecule has 2 rings (SSSR count). The van der Waals surface area contributed by atoms with Gasteiger partial charge in [0, 0.05) is 9.92 Å². The molecule has 1 aromatic heterocycles. The van der Waals surface area contributed by atoms with Gasteiger partial charge in [0.25, 0.3) is 5.91 Å². The normalized spacial score (nSPS) is 10.5. The Morgan fingerprint density at radius 1 is 1.37 bits per heavy atom. The molecular formula is C12H10Cl2N2O2S. The molecule has 0 radical (unpaired) electrons. The zero-order chi connectivity index (χ0) is 13.8. The van der Waals surface area contributed by atoms with Crippen LogP contribution in [-0.4, -0.2) is 5.91 Å². The third kappa shape index (κ3) is 3.67. The van der Waals surface area contributed by atoms with E-state index in [0.717, 1.165) is 4.90 Å². The Kier molecular flexibility index (Phi) is 4.76. The molecule has 0 saturated heterocycles. The van der Waals surface area contributed by atoms with Gasteiger partial charge in [-0.2, -0.15) is 0 Å². The number of rotatable bonds is 4. The lowest BCUT2D eigenvalue weighted by atomic mass is 10.3. The van der Waals surface area contributed by atoms with Crippen molar-refractivity contribution in [3.8, 4) is 0 Å². The van der Waals surface area contributed by atoms with Gasteiger partial charge in [-0.1, -0.05) is 23.2 Å². The highest BCUT2D eigenvalue weighted by molar-refractivity contribution is 7.98. The lowest BCUT2D eigenvalue weighted by molar-refractivity contribution is 0.0953. The van der Waals surface area contributed by atoms with Crippen LogP contribution in [0.3, 0.4) is 0 Å². The highest BCUT2D eigenvalue weighted by Crippen LogP contribution is 2.32. The first-order chi connectivity index (χ1) is 9.10. The molecule has 3 N–H and O–H groups in total. The van der Waals surface area contributed by atoms with Crippen LogP contribution in [0.25, 0.3) is 0 Å². The first-order valence-corrected chi connectivity index (χ1v) is 7.00. The highest BCUT2D eigenvalue weighted by Gasteiger charge is 2.10. The summed E-state index contributed by atoms with van der Waals surface area (Å²) in [5, 5.41) is 1.25. The first kappa shape index (κ1) is 14.3. The lowest BCUT2D eigenvalue weighted by Gasteiger charge is -2.02. The van der Waals surface area contributed by atoms with Gasteiger partial charge in [0.05, 0.1) is 16.3 Å². The number of nitrogen functional groups attached to an aromatic ring is 1. The number of nitrogens with one attached hydrogen (secondary N) is 1. The molecule has 0 aliphatic carbocycles. The summed E-state index contributed by atoms with van der Waals surface area (Å²) >= 11 is 13.4. The van der Waals surface area contributed by atoms with Gasteiger partial charge in [-0.15, -0.1) is 11.8 Å². The van der Waals surface area contributed by atoms with Crippen molar-refractivity contribution in [3.05, 3.63) is 51.9 Å². The number of amides is 1. The predicted octanol–water partition coefficient (Wildman–Crippen LogP) is 3.48. The number of thioether (sulfide) groups is 1. The van der Waals surface area contributed by atoms with E-state index in [1.165, 1.54) is 18.0 Å². The molecule has 0 fully saturated rings. The molecule has 0 atom stereocenters. The van der Waals surface area contributed by atoms with Crippen LogP contribution in [0.5, 0.6) is 0 Å². The number of hydrogen-bond donors (Lipinski definition) is 2. The predicted molar refractivity (Wildman–Crippen MR) is 76.4 cm³/mol. The lowest BCUT2D eigenvalue weighted by Crippen LogP contribution is -2.29. The van der Waals surface area contributed by atoms with Gasteiger partial charge in [0.2, 0.25) is 0 Å². The average Bonchev–Trinajstić information content (AvgIpc) is 2.88. The molecule has 1 amide bonds. The SMILES string of the molecule is NNC(=O)c1coc(CSc2cc(Cl)ccc2Cl)c1. The zero-order valence-corrected chi connectivity index (χ0v) is 12.0. The summed E-state index contributed by atoms with van der Waals surface area (Å²) in [4.78, 5) is 12.1. The van der Waals surface area contributed by atoms with Crippen molar-refractivity contribution < 1.29 is 9.21 Å². The van der Waals surface area contributed by atoms with E-state index in [4.69, 9.17) is 33.5 Å². The van der Waals surface area contributed by atoms with Crippen molar-refractivity contribution in [3.63, 3.8) is 0 Å². The second-order valence-electron chi connectivity index (χ2n) is 3.64. The second-order valence-corrected chi connectivity index (χ2v) is 5.50. The maximum atomic E-state index is 11.3. The Hall–Kier alpha value is -1.14. The number of hydrazine groups is 1. The Balaban J connectivity index is 2.04. The smallest absolute Gasteiger partial charge is 0.268 e. The molecule has 1 heterocycles. The van der Waals surface area contributed by atoms with Gasteiger partial charge in [-0.3, -0.25) is 10.2 Å². The fourth-order valence-electron chi connectivity index (χ4n) is 1.40. The van der Waals surface area contributed by atoms with Crippen LogP contribution in [0, 0.1) is 0 Å². The minimum absolute atomic E-state index is 0.385. The van der Waals surface area contributed by atoms with Crippen molar-refractivity contribution in [1.29, 1.82) is 0 Å². The Morgan fingerprint density at radius 2 is 2.16 bits per heavy atom. The van der Waals surface area contributed by atoms with Crippen LogP contribution in [0.2, 0.25) is 10.0 Å². The summed E-state index contributed by atoms with van der Waals surface area (Å²) in [7, 11) is 0. The van der Waals surface area contributed by atoms with E-state index in [1.54, 1.807) is 24.3 Å². The van der Waals surface area contributed by atoms with Gasteiger partial charge in [-0.25, -0.2) is 5.84 Å². The summed E-state index contributed by atoms with van der Waals surface area (Å²) in [5.41, 5.74) is 2.43. The number of carbonyl (C=O) groups is 1. The van der Waals surface area contributed by atoms with E-state index >= 15 is 0 Å². The Bertz CT molecular complexity index is 601. The van der Waals surface area contributed by atoms with Crippen molar-refractivity contribution in [1.82, 2.24) is 5.43 Å². The van der Waals surface area contributed by atoms with E-state index in [2.05, 4.69) is 0 Å². The minimum Gasteiger partial charge on any atom is -0.468 e. The average molecular weight is 317 g/mol. The van der Waals surface area contributed by atoms with Crippen LogP contribution >= 0.6 is 35.0 Å². The van der Waals surface area contributed by atoms with Crippen LogP contribution < -0.4 is 11.3 Å². The molecule has 0 unspecified atom stereocenters. The van der Waals surface area contributed by atoms with E-state index in [9.17, 15) is 4.79 Å². The third-order valence-electron chi connectivity index (χ3n) is 2.31. The number of hydrogen-bond acceptors (Lipinski definition) is 4. The second kappa shape index (κ2) is 6.34. The van der Waals surface area contributed by atoms with Gasteiger partial charge in [0.1, 0.15) is 12.0 Å². The van der Waals surface area contributed by atoms with E-state index in [1.807, 2.05) is 5.43 Å². The fraction of sp³-hybridized carbons (Fsp3) is 0.0833. The van der Waals surface area contributed by atoms with Crippen molar-refractivity contribution in [2.75, 3.05) is 0 Å². The quantitative estimate of drug-likeness (QED) is 0.392. The van der Waals surface area contributed by atoms with Gasteiger partial charge in [0.15, 0.2) is 0 Å². The number of halogens is 2. The topological polar surface area (TPSA) is 68.3 Å². The molecule has 100 valence electrons. The number of benzene rings is 1. The summed E-state index contributed by atoms with van der Waals surface area (Å²) in [6.07, 6.45) is 1.36. The highest BCUT2D eigenvalue weighted by atomic mass is 35.5. The largest absolute Gasteiger partial charge is 0.468 e. The molecule has 0 spiro atoms. The summed E-state index contributed by atoms with van der Waals surface area (Å²) in [6, 6.07) is 6.88. The number of nitrogens with two attached hydrogens (primary N) is 1. The van der Waals surface area contributed by atoms with Crippen LogP contribution in [0.15, 0.2) is 39.8 Å². The molecule has 7 heteroatoms. The molecule has 2 aromatic rings. The van der Waals surface area contributed by atoms with Gasteiger partial charge < -0.3 is 4.42 Å². The molecule has 1 aromatic carbocycles. The number of furan rings is 1. The molecule has 19 heavy (non-hydrogen) atoms. The molecule has 0 aliphatic heterocycles. The third-order valence-corrected chi connectivity index (χ3v) is 4.06. The fourth-order valence-corrected chi connectivity index (χ4v) is 2.78. The summed E-state index contributed by atoms with van der Waals surface area (Å²) in [5.74, 6) is 5.84. The summed E-state index contributed by atoms with van der Waals surface area (Å²) in [6.45, 7) is 0. The standard InChI is InChI=1S/C12H10Cl2N2O2S/c13-8-1-2-10(14)11(4-8)19-6-9-3-7(5-18-9)12(17)16-15/h1-5H,6,15H2,(H,16,17). The monoisotopic (exact) mass is 316 g/mol. The zero-order valence-electron chi connectivity index (χ0n) is 9.65. The van der Waals surface area contributed by atoms with Crippen LogP contribution in [-0.2, 0) is 5.75 Å². The van der Waals surface area contributed by atoms with Crippen molar-refractivity contribution in [2.45, 2.75) is 10.6 Å². The molecule has 0 bridgehead atoms. The van der Waals surface area contributed by atoms with E-state index < -0.39 is 0 Å². The maximum absolute atomic E-state index is 11.3. The minimum atomic E-state index is -0.388. The van der Waals surface area contributed by atoms with Crippen molar-refractivity contribution in [2.24, 2.45) is 5.84 Å². The molecule has 0 saturated carbocycles. The Morgan fingerprint density at radius 3 is 2.89 bits per heavy atom. The van der Waals surface area contributed by atoms with E-state index in [0.29, 0.717) is 27.1 Å². The van der Waals surface area contributed by atoms with Crippen LogP contribution in [0.4, 0.5) is 0 Å². The van der Waals surface area contributed by atoms with Gasteiger partial charge in [-0.05, 0) is 24.3 Å². The molecular weight excluding hydrogens is 307 g/mol. The van der Waals surface area contributed by atoms with Crippen LogP contribution in [0.1, 0.15) is 16.1 Å². The van der Waals surface area contributed by atoms with E-state index in [-0.39, 0.29) is 5.91 Å². The maximum Gasteiger partial charge on any atom is 0.268 e. The van der Waals surface area contributed by atoms with Gasteiger partial charge >= 0.3 is 0 Å². The molecule has 4 nitrogen and oxygen atoms in total. The molecule has 0 aliphatic rings. The van der Waals surface area contributed by atoms with Crippen molar-refractivity contribution >= 4 is 40.9 Å².